The van der Waals surface area contributed by atoms with Crippen LogP contribution in [-0.2, 0) is 42.0 Å². The summed E-state index contributed by atoms with van der Waals surface area (Å²) < 4.78 is 10.7. The van der Waals surface area contributed by atoms with Crippen molar-refractivity contribution in [1.29, 1.82) is 0 Å². The monoisotopic (exact) mass is 959 g/mol. The Kier molecular flexibility index (Phi) is 14.1. The number of carboxylic acid groups (broad SMARTS) is 1. The van der Waals surface area contributed by atoms with Crippen molar-refractivity contribution < 1.29 is 53.0 Å². The lowest BCUT2D eigenvalue weighted by Crippen LogP contribution is -2.68. The highest BCUT2D eigenvalue weighted by atomic mass is 16.7. The molecule has 19 nitrogen and oxygen atoms in total. The minimum atomic E-state index is -0.943. The van der Waals surface area contributed by atoms with Gasteiger partial charge in [0.25, 0.3) is 0 Å². The Labute approximate surface area is 404 Å². The van der Waals surface area contributed by atoms with Crippen molar-refractivity contribution in [1.82, 2.24) is 35.0 Å². The van der Waals surface area contributed by atoms with Crippen LogP contribution in [0.1, 0.15) is 104 Å². The van der Waals surface area contributed by atoms with Crippen LogP contribution in [0, 0.1) is 10.8 Å². The zero-order valence-electron chi connectivity index (χ0n) is 40.8. The minimum Gasteiger partial charge on any atom is -0.480 e. The molecule has 2 saturated carbocycles. The van der Waals surface area contributed by atoms with E-state index in [2.05, 4.69) is 5.32 Å². The maximum absolute atomic E-state index is 13.0. The molecule has 2 aromatic rings. The van der Waals surface area contributed by atoms with Gasteiger partial charge in [0.05, 0.1) is 12.1 Å². The second-order valence-corrected chi connectivity index (χ2v) is 22.3. The number of hydrogen-bond donors (Lipinski definition) is 3. The fourth-order valence-corrected chi connectivity index (χ4v) is 11.0. The standard InChI is InChI=1S/C25H34N4O5.C14H16N2O4.C11H20N2O2/c1-24(2,3)34-23(32)27-15-25(16-27)11-18(12-25)26-21(30)20-10-9-19-13-28(20)22(31)29(19)33-14-17-7-5-4-6-8-17;17-13(18)12-7-6-11-8-15(12)14(19)16(11)20-9-10-4-2-1-3-5-10;1-10(2,3)15-9(14)13-6-11(7-13)4-8(12)5-11/h4-8,18-20H,9-16H2,1-3H3,(H,26,30);1-5,11-12H,6-9H2,(H,17,18);8H,4-7,12H2,1-3H3/t19-,20+;11-,12+;/m11./s1. The Morgan fingerprint density at radius 3 is 1.45 bits per heavy atom. The lowest BCUT2D eigenvalue weighted by Gasteiger charge is -2.58. The number of rotatable bonds is 9. The number of urea groups is 2. The number of hydroxylamine groups is 4. The van der Waals surface area contributed by atoms with Crippen molar-refractivity contribution in [2.24, 2.45) is 16.6 Å². The quantitative estimate of drug-likeness (QED) is 0.275. The molecule has 0 unspecified atom stereocenters. The molecule has 6 heterocycles. The van der Waals surface area contributed by atoms with Gasteiger partial charge >= 0.3 is 30.2 Å². The van der Waals surface area contributed by atoms with E-state index < -0.39 is 29.3 Å². The number of nitrogens with one attached hydrogen (secondary N) is 1. The maximum Gasteiger partial charge on any atom is 0.410 e. The van der Waals surface area contributed by atoms with Gasteiger partial charge in [-0.15, -0.1) is 0 Å². The number of aliphatic carboxylic acids is 1. The summed E-state index contributed by atoms with van der Waals surface area (Å²) in [7, 11) is 0. The first-order valence-electron chi connectivity index (χ1n) is 24.4. The largest absolute Gasteiger partial charge is 0.480 e. The van der Waals surface area contributed by atoms with Crippen LogP contribution in [0.5, 0.6) is 0 Å². The lowest BCUT2D eigenvalue weighted by atomic mass is 9.60. The van der Waals surface area contributed by atoms with Crippen molar-refractivity contribution in [2.75, 3.05) is 39.3 Å². The molecule has 19 heteroatoms. The van der Waals surface area contributed by atoms with Gasteiger partial charge in [0.1, 0.15) is 36.5 Å². The first-order valence-corrected chi connectivity index (χ1v) is 24.4. The number of carboxylic acids is 1. The summed E-state index contributed by atoms with van der Waals surface area (Å²) in [6.07, 6.45) is 5.90. The molecule has 0 aromatic heterocycles. The van der Waals surface area contributed by atoms with Crippen molar-refractivity contribution >= 4 is 36.1 Å². The van der Waals surface area contributed by atoms with E-state index in [1.165, 1.54) is 15.0 Å². The topological polar surface area (TPSA) is 217 Å². The SMILES string of the molecule is CC(C)(C)OC(=O)N1CC2(CC(N)C2)C1.CC(C)(C)OC(=O)N1CC2(CC(NC(=O)[C@@H]3CC[C@@H]4CN3C(=O)N4OCc3ccccc3)C2)C1.O=C(O)[C@@H]1CC[C@@H]2CN1C(=O)N2OCc1ccccc1. The van der Waals surface area contributed by atoms with E-state index in [1.54, 1.807) is 14.7 Å². The number of benzene rings is 2. The Morgan fingerprint density at radius 1 is 0.638 bits per heavy atom. The van der Waals surface area contributed by atoms with Crippen LogP contribution >= 0.6 is 0 Å². The second-order valence-electron chi connectivity index (χ2n) is 22.3. The number of likely N-dealkylation sites (tertiary alicyclic amines) is 2. The number of carbonyl (C=O) groups excluding carboxylic acids is 5. The summed E-state index contributed by atoms with van der Waals surface area (Å²) in [5.41, 5.74) is 7.28. The minimum absolute atomic E-state index is 0.0129. The number of nitrogens with two attached hydrogens (primary N) is 1. The van der Waals surface area contributed by atoms with Crippen LogP contribution < -0.4 is 11.1 Å². The first kappa shape index (κ1) is 49.8. The lowest BCUT2D eigenvalue weighted by molar-refractivity contribution is -0.143. The third-order valence-corrected chi connectivity index (χ3v) is 14.2. The molecule has 6 saturated heterocycles. The third kappa shape index (κ3) is 11.5. The average Bonchev–Trinajstić information content (AvgIpc) is 3.61. The van der Waals surface area contributed by atoms with E-state index in [0.717, 1.165) is 56.3 Å². The summed E-state index contributed by atoms with van der Waals surface area (Å²) >= 11 is 0. The van der Waals surface area contributed by atoms with Gasteiger partial charge in [-0.25, -0.2) is 24.0 Å². The van der Waals surface area contributed by atoms with E-state index in [-0.39, 0.29) is 53.7 Å². The first-order chi connectivity index (χ1) is 32.6. The smallest absolute Gasteiger partial charge is 0.410 e. The molecule has 8 aliphatic rings. The third-order valence-electron chi connectivity index (χ3n) is 14.2. The van der Waals surface area contributed by atoms with Gasteiger partial charge in [0.2, 0.25) is 5.91 Å². The molecule has 69 heavy (non-hydrogen) atoms. The fraction of sp³-hybridized carbons (Fsp3) is 0.640. The number of ether oxygens (including phenoxy) is 2. The van der Waals surface area contributed by atoms with Gasteiger partial charge in [-0.2, -0.15) is 10.1 Å². The molecule has 8 fully saturated rings. The maximum atomic E-state index is 13.0. The predicted octanol–water partition coefficient (Wildman–Crippen LogP) is 5.72. The number of piperidine rings is 2. The Bertz CT molecular complexity index is 2190. The highest BCUT2D eigenvalue weighted by molar-refractivity contribution is 5.89. The molecule has 376 valence electrons. The van der Waals surface area contributed by atoms with E-state index >= 15 is 0 Å². The van der Waals surface area contributed by atoms with Crippen LogP contribution in [-0.4, -0.2) is 158 Å². The molecule has 4 atom stereocenters. The molecule has 4 N–H and O–H groups in total. The molecule has 7 amide bonds. The van der Waals surface area contributed by atoms with Gasteiger partial charge in [-0.1, -0.05) is 60.7 Å². The Morgan fingerprint density at radius 2 is 1.04 bits per heavy atom. The molecule has 2 aliphatic carbocycles. The molecule has 10 rings (SSSR count). The molecule has 0 radical (unpaired) electrons. The van der Waals surface area contributed by atoms with Gasteiger partial charge in [0.15, 0.2) is 0 Å². The van der Waals surface area contributed by atoms with E-state index in [0.29, 0.717) is 70.1 Å². The Hall–Kier alpha value is -5.66. The van der Waals surface area contributed by atoms with Crippen LogP contribution in [0.2, 0.25) is 0 Å². The fourth-order valence-electron chi connectivity index (χ4n) is 11.0. The molecule has 2 aromatic carbocycles. The number of fused-ring (bicyclic) bond motifs is 4. The zero-order chi connectivity index (χ0) is 49.5. The molecular formula is C50H70N8O11. The molecule has 6 aliphatic heterocycles. The van der Waals surface area contributed by atoms with E-state index in [9.17, 15) is 28.8 Å². The highest BCUT2D eigenvalue weighted by Crippen LogP contribution is 2.49. The van der Waals surface area contributed by atoms with Crippen LogP contribution in [0.15, 0.2) is 60.7 Å². The average molecular weight is 959 g/mol. The van der Waals surface area contributed by atoms with Crippen LogP contribution in [0.3, 0.4) is 0 Å². The van der Waals surface area contributed by atoms with Gasteiger partial charge < -0.3 is 45.2 Å². The van der Waals surface area contributed by atoms with Crippen LogP contribution in [0.25, 0.3) is 0 Å². The summed E-state index contributed by atoms with van der Waals surface area (Å²) in [6.45, 7) is 15.9. The number of carbonyl (C=O) groups is 6. The van der Waals surface area contributed by atoms with E-state index in [1.807, 2.05) is 102 Å². The van der Waals surface area contributed by atoms with Crippen molar-refractivity contribution in [2.45, 2.75) is 154 Å². The van der Waals surface area contributed by atoms with Gasteiger partial charge in [-0.3, -0.25) is 14.5 Å². The predicted molar refractivity (Wildman–Crippen MR) is 250 cm³/mol. The van der Waals surface area contributed by atoms with E-state index in [4.69, 9.17) is 30.0 Å². The highest BCUT2D eigenvalue weighted by Gasteiger charge is 2.56. The van der Waals surface area contributed by atoms with Crippen molar-refractivity contribution in [3.05, 3.63) is 71.8 Å². The van der Waals surface area contributed by atoms with Crippen molar-refractivity contribution in [3.8, 4) is 0 Å². The molecular weight excluding hydrogens is 889 g/mol. The second kappa shape index (κ2) is 19.6. The zero-order valence-corrected chi connectivity index (χ0v) is 40.8. The van der Waals surface area contributed by atoms with Crippen molar-refractivity contribution in [3.63, 3.8) is 0 Å². The van der Waals surface area contributed by atoms with Crippen LogP contribution in [0.4, 0.5) is 19.2 Å². The summed E-state index contributed by atoms with van der Waals surface area (Å²) in [5.74, 6) is -1.03. The number of nitrogens with zero attached hydrogens (tertiary/aromatic N) is 6. The molecule has 4 bridgehead atoms. The normalized spacial score (nSPS) is 25.3. The summed E-state index contributed by atoms with van der Waals surface area (Å²) in [4.78, 5) is 91.0. The number of amides is 7. The Balaban J connectivity index is 0.000000155. The molecule has 2 spiro atoms. The van der Waals surface area contributed by atoms with Gasteiger partial charge in [-0.05, 0) is 104 Å². The number of hydrogen-bond acceptors (Lipinski definition) is 11. The van der Waals surface area contributed by atoms with Gasteiger partial charge in [0, 0.05) is 62.2 Å². The summed E-state index contributed by atoms with van der Waals surface area (Å²) in [5, 5.41) is 15.1. The summed E-state index contributed by atoms with van der Waals surface area (Å²) in [6, 6.07) is 18.0.